The van der Waals surface area contributed by atoms with Crippen LogP contribution >= 0.6 is 11.3 Å². The molecule has 10 heteroatoms. The highest BCUT2D eigenvalue weighted by molar-refractivity contribution is 7.09. The molecule has 1 atom stereocenters. The standard InChI is InChI=1S/C22H24N4O5S/c1-22(2,3)31-16(27)9-24-20(29)17-19(28)12-6-5-7-13-18(12)26(21(17)30)14(10-25(13)4)15-8-23-11-32-15/h5-8,11,14,28H,9-10H2,1-4H3,(H,24,29). The van der Waals surface area contributed by atoms with E-state index in [-0.39, 0.29) is 6.04 Å². The van der Waals surface area contributed by atoms with Gasteiger partial charge in [0.1, 0.15) is 23.5 Å². The van der Waals surface area contributed by atoms with Crippen LogP contribution in [0.15, 0.2) is 34.7 Å². The fourth-order valence-corrected chi connectivity index (χ4v) is 4.61. The summed E-state index contributed by atoms with van der Waals surface area (Å²) in [5.74, 6) is -1.89. The van der Waals surface area contributed by atoms with Crippen molar-refractivity contribution in [2.45, 2.75) is 32.4 Å². The van der Waals surface area contributed by atoms with Gasteiger partial charge in [0.25, 0.3) is 11.5 Å². The minimum atomic E-state index is -0.837. The summed E-state index contributed by atoms with van der Waals surface area (Å²) in [4.78, 5) is 45.5. The highest BCUT2D eigenvalue weighted by Gasteiger charge is 2.33. The lowest BCUT2D eigenvalue weighted by Gasteiger charge is -2.35. The summed E-state index contributed by atoms with van der Waals surface area (Å²) in [5.41, 5.74) is 1.27. The Balaban J connectivity index is 1.82. The molecule has 0 saturated heterocycles. The second-order valence-corrected chi connectivity index (χ2v) is 9.56. The maximum atomic E-state index is 13.5. The van der Waals surface area contributed by atoms with Gasteiger partial charge in [0.05, 0.1) is 22.8 Å². The fourth-order valence-electron chi connectivity index (χ4n) is 3.91. The molecule has 0 saturated carbocycles. The van der Waals surface area contributed by atoms with E-state index in [0.29, 0.717) is 17.4 Å². The van der Waals surface area contributed by atoms with Crippen molar-refractivity contribution in [1.29, 1.82) is 0 Å². The molecule has 2 aromatic heterocycles. The van der Waals surface area contributed by atoms with Crippen LogP contribution in [0.2, 0.25) is 0 Å². The zero-order valence-corrected chi connectivity index (χ0v) is 19.0. The molecule has 1 unspecified atom stereocenters. The van der Waals surface area contributed by atoms with Crippen LogP contribution in [-0.2, 0) is 9.53 Å². The molecule has 3 heterocycles. The minimum Gasteiger partial charge on any atom is -0.506 e. The maximum absolute atomic E-state index is 13.5. The lowest BCUT2D eigenvalue weighted by Crippen LogP contribution is -2.42. The summed E-state index contributed by atoms with van der Waals surface area (Å²) in [6.45, 7) is 5.22. The number of aromatic hydroxyl groups is 1. The number of esters is 1. The molecule has 1 aromatic carbocycles. The van der Waals surface area contributed by atoms with E-state index in [1.165, 1.54) is 11.3 Å². The molecule has 32 heavy (non-hydrogen) atoms. The Hall–Kier alpha value is -3.40. The average Bonchev–Trinajstić information content (AvgIpc) is 3.24. The van der Waals surface area contributed by atoms with Crippen LogP contribution in [0.1, 0.15) is 42.0 Å². The third-order valence-electron chi connectivity index (χ3n) is 5.17. The van der Waals surface area contributed by atoms with Crippen molar-refractivity contribution in [3.63, 3.8) is 0 Å². The van der Waals surface area contributed by atoms with E-state index in [2.05, 4.69) is 10.3 Å². The van der Waals surface area contributed by atoms with Crippen molar-refractivity contribution in [2.75, 3.05) is 25.0 Å². The fraction of sp³-hybridized carbons (Fsp3) is 0.364. The topological polar surface area (TPSA) is 114 Å². The number of carbonyl (C=O) groups excluding carboxylic acids is 2. The van der Waals surface area contributed by atoms with E-state index < -0.39 is 40.9 Å². The number of carbonyl (C=O) groups is 2. The molecule has 0 aliphatic carbocycles. The molecule has 0 spiro atoms. The van der Waals surface area contributed by atoms with E-state index in [9.17, 15) is 19.5 Å². The number of rotatable bonds is 4. The van der Waals surface area contributed by atoms with Crippen molar-refractivity contribution in [3.8, 4) is 5.75 Å². The number of hydrogen-bond acceptors (Lipinski definition) is 8. The number of anilines is 1. The summed E-state index contributed by atoms with van der Waals surface area (Å²) >= 11 is 1.42. The van der Waals surface area contributed by atoms with Gasteiger partial charge in [-0.3, -0.25) is 23.9 Å². The number of ether oxygens (including phenoxy) is 1. The lowest BCUT2D eigenvalue weighted by molar-refractivity contribution is -0.153. The van der Waals surface area contributed by atoms with Gasteiger partial charge in [-0.05, 0) is 32.9 Å². The van der Waals surface area contributed by atoms with Gasteiger partial charge in [-0.15, -0.1) is 11.3 Å². The van der Waals surface area contributed by atoms with Crippen molar-refractivity contribution < 1.29 is 19.4 Å². The van der Waals surface area contributed by atoms with Crippen LogP contribution in [0.4, 0.5) is 5.69 Å². The summed E-state index contributed by atoms with van der Waals surface area (Å²) < 4.78 is 6.73. The van der Waals surface area contributed by atoms with Crippen molar-refractivity contribution in [2.24, 2.45) is 0 Å². The van der Waals surface area contributed by atoms with Gasteiger partial charge >= 0.3 is 5.97 Å². The van der Waals surface area contributed by atoms with Crippen LogP contribution in [0.5, 0.6) is 5.75 Å². The number of aromatic nitrogens is 2. The Morgan fingerprint density at radius 2 is 2.09 bits per heavy atom. The molecule has 4 rings (SSSR count). The summed E-state index contributed by atoms with van der Waals surface area (Å²) in [6.07, 6.45) is 1.70. The highest BCUT2D eigenvalue weighted by Crippen LogP contribution is 2.39. The number of amides is 1. The molecule has 0 radical (unpaired) electrons. The predicted octanol–water partition coefficient (Wildman–Crippen LogP) is 2.27. The van der Waals surface area contributed by atoms with E-state index in [1.54, 1.807) is 49.2 Å². The van der Waals surface area contributed by atoms with E-state index in [0.717, 1.165) is 10.6 Å². The van der Waals surface area contributed by atoms with Gasteiger partial charge in [0.2, 0.25) is 0 Å². The van der Waals surface area contributed by atoms with Crippen LogP contribution in [-0.4, -0.2) is 52.3 Å². The number of nitrogens with one attached hydrogen (secondary N) is 1. The highest BCUT2D eigenvalue weighted by atomic mass is 32.1. The molecule has 1 amide bonds. The molecule has 168 valence electrons. The third-order valence-corrected chi connectivity index (χ3v) is 6.05. The van der Waals surface area contributed by atoms with Gasteiger partial charge in [-0.25, -0.2) is 0 Å². The third kappa shape index (κ3) is 3.81. The van der Waals surface area contributed by atoms with Crippen molar-refractivity contribution in [1.82, 2.24) is 14.9 Å². The Kier molecular flexibility index (Phi) is 5.41. The first-order chi connectivity index (χ1) is 15.1. The predicted molar refractivity (Wildman–Crippen MR) is 122 cm³/mol. The Bertz CT molecular complexity index is 1260. The molecule has 9 nitrogen and oxygen atoms in total. The first kappa shape index (κ1) is 21.8. The number of likely N-dealkylation sites (N-methyl/N-ethyl adjacent to an activating group) is 1. The Morgan fingerprint density at radius 3 is 2.75 bits per heavy atom. The largest absolute Gasteiger partial charge is 0.506 e. The second-order valence-electron chi connectivity index (χ2n) is 8.64. The van der Waals surface area contributed by atoms with Crippen LogP contribution in [0, 0.1) is 0 Å². The van der Waals surface area contributed by atoms with Crippen molar-refractivity contribution in [3.05, 3.63) is 50.7 Å². The molecular formula is C22H24N4O5S. The summed E-state index contributed by atoms with van der Waals surface area (Å²) in [6, 6.07) is 4.91. The molecule has 2 N–H and O–H groups in total. The van der Waals surface area contributed by atoms with E-state index >= 15 is 0 Å². The van der Waals surface area contributed by atoms with Crippen LogP contribution < -0.4 is 15.8 Å². The quantitative estimate of drug-likeness (QED) is 0.579. The number of nitrogens with zero attached hydrogens (tertiary/aromatic N) is 3. The van der Waals surface area contributed by atoms with Crippen molar-refractivity contribution >= 4 is 39.8 Å². The first-order valence-electron chi connectivity index (χ1n) is 10.1. The monoisotopic (exact) mass is 456 g/mol. The smallest absolute Gasteiger partial charge is 0.325 e. The van der Waals surface area contributed by atoms with Crippen LogP contribution in [0.25, 0.3) is 10.9 Å². The molecule has 3 aromatic rings. The number of hydrogen-bond donors (Lipinski definition) is 2. The van der Waals surface area contributed by atoms with Gasteiger partial charge in [-0.2, -0.15) is 0 Å². The first-order valence-corrected chi connectivity index (χ1v) is 11.0. The number of pyridine rings is 1. The van der Waals surface area contributed by atoms with Crippen LogP contribution in [0.3, 0.4) is 0 Å². The zero-order valence-electron chi connectivity index (χ0n) is 18.2. The van der Waals surface area contributed by atoms with Gasteiger partial charge < -0.3 is 20.1 Å². The normalized spacial score (nSPS) is 15.6. The molecule has 0 bridgehead atoms. The lowest BCUT2D eigenvalue weighted by atomic mass is 10.0. The van der Waals surface area contributed by atoms with Gasteiger partial charge in [-0.1, -0.05) is 6.07 Å². The SMILES string of the molecule is CN1CC(c2cncs2)n2c(=O)c(C(=O)NCC(=O)OC(C)(C)C)c(O)c3cccc1c32. The van der Waals surface area contributed by atoms with E-state index in [4.69, 9.17) is 4.74 Å². The molecular weight excluding hydrogens is 432 g/mol. The van der Waals surface area contributed by atoms with Gasteiger partial charge in [0, 0.05) is 30.1 Å². The average molecular weight is 457 g/mol. The Labute approximate surface area is 188 Å². The summed E-state index contributed by atoms with van der Waals surface area (Å²) in [5, 5.41) is 13.7. The second kappa shape index (κ2) is 7.94. The summed E-state index contributed by atoms with van der Waals surface area (Å²) in [7, 11) is 1.91. The molecule has 1 aliphatic rings. The van der Waals surface area contributed by atoms with Gasteiger partial charge in [0.15, 0.2) is 0 Å². The number of benzene rings is 1. The molecule has 1 aliphatic heterocycles. The molecule has 0 fully saturated rings. The number of thiazole rings is 1. The zero-order chi connectivity index (χ0) is 23.2. The number of para-hydroxylation sites is 1. The van der Waals surface area contributed by atoms with E-state index in [1.807, 2.05) is 18.0 Å². The maximum Gasteiger partial charge on any atom is 0.325 e. The Morgan fingerprint density at radius 1 is 1.34 bits per heavy atom. The minimum absolute atomic E-state index is 0.379.